The largest absolute Gasteiger partial charge is 0.385 e. The number of nitro benzene ring substituents is 2. The van der Waals surface area contributed by atoms with Crippen molar-refractivity contribution in [3.05, 3.63) is 38.4 Å². The molecule has 1 aromatic carbocycles. The summed E-state index contributed by atoms with van der Waals surface area (Å²) in [6.45, 7) is -0.615. The van der Waals surface area contributed by atoms with Gasteiger partial charge in [-0.1, -0.05) is 0 Å². The Balaban J connectivity index is 2.94. The van der Waals surface area contributed by atoms with Crippen LogP contribution in [-0.4, -0.2) is 34.0 Å². The molecule has 2 N–H and O–H groups in total. The van der Waals surface area contributed by atoms with Crippen LogP contribution in [0.4, 0.5) is 25.8 Å². The lowest BCUT2D eigenvalue weighted by Gasteiger charge is -2.11. The lowest BCUT2D eigenvalue weighted by atomic mass is 10.2. The number of anilines is 1. The first kappa shape index (κ1) is 14.7. The maximum Gasteiger partial charge on any atom is 0.299 e. The van der Waals surface area contributed by atoms with E-state index in [0.717, 1.165) is 12.1 Å². The third kappa shape index (κ3) is 3.81. The molecular formula is C9H9F2N3O5. The number of alkyl halides is 2. The third-order valence-electron chi connectivity index (χ3n) is 2.18. The molecule has 0 aromatic heterocycles. The van der Waals surface area contributed by atoms with Crippen molar-refractivity contribution in [1.29, 1.82) is 0 Å². The van der Waals surface area contributed by atoms with Crippen LogP contribution in [-0.2, 0) is 0 Å². The zero-order valence-corrected chi connectivity index (χ0v) is 9.32. The van der Waals surface area contributed by atoms with Gasteiger partial charge in [-0.05, 0) is 6.07 Å². The molecule has 0 amide bonds. The van der Waals surface area contributed by atoms with Crippen molar-refractivity contribution in [1.82, 2.24) is 0 Å². The van der Waals surface area contributed by atoms with Gasteiger partial charge in [0.1, 0.15) is 11.8 Å². The van der Waals surface area contributed by atoms with Crippen LogP contribution in [0, 0.1) is 20.2 Å². The van der Waals surface area contributed by atoms with Crippen LogP contribution in [0.3, 0.4) is 0 Å². The minimum atomic E-state index is -3.00. The molecule has 0 saturated heterocycles. The minimum absolute atomic E-state index is 0.185. The van der Waals surface area contributed by atoms with Crippen LogP contribution in [0.15, 0.2) is 18.2 Å². The number of nitro groups is 2. The summed E-state index contributed by atoms with van der Waals surface area (Å²) in [7, 11) is 0. The van der Waals surface area contributed by atoms with Crippen molar-refractivity contribution in [2.45, 2.75) is 12.5 Å². The van der Waals surface area contributed by atoms with Gasteiger partial charge in [0, 0.05) is 12.6 Å². The van der Waals surface area contributed by atoms with Crippen LogP contribution in [0.2, 0.25) is 0 Å². The van der Waals surface area contributed by atoms with Crippen molar-refractivity contribution in [3.63, 3.8) is 0 Å². The van der Waals surface area contributed by atoms with Gasteiger partial charge in [0.2, 0.25) is 0 Å². The highest BCUT2D eigenvalue weighted by Crippen LogP contribution is 2.28. The fourth-order valence-corrected chi connectivity index (χ4v) is 1.24. The molecule has 0 fully saturated rings. The van der Waals surface area contributed by atoms with Crippen LogP contribution >= 0.6 is 0 Å². The number of non-ortho nitro benzene ring substituents is 1. The molecule has 0 spiro atoms. The second kappa shape index (κ2) is 6.00. The Morgan fingerprint density at radius 1 is 1.26 bits per heavy atom. The first-order valence-corrected chi connectivity index (χ1v) is 4.96. The van der Waals surface area contributed by atoms with E-state index in [-0.39, 0.29) is 5.69 Å². The Kier molecular flexibility index (Phi) is 4.64. The van der Waals surface area contributed by atoms with E-state index in [2.05, 4.69) is 5.32 Å². The second-order valence-electron chi connectivity index (χ2n) is 3.50. The fraction of sp³-hybridized carbons (Fsp3) is 0.333. The average molecular weight is 277 g/mol. The molecule has 0 saturated carbocycles. The van der Waals surface area contributed by atoms with Crippen molar-refractivity contribution in [3.8, 4) is 0 Å². The highest BCUT2D eigenvalue weighted by Gasteiger charge is 2.21. The van der Waals surface area contributed by atoms with E-state index in [9.17, 15) is 29.0 Å². The molecule has 0 radical (unpaired) electrons. The monoisotopic (exact) mass is 277 g/mol. The predicted molar refractivity (Wildman–Crippen MR) is 60.3 cm³/mol. The van der Waals surface area contributed by atoms with Gasteiger partial charge in [-0.15, -0.1) is 0 Å². The van der Waals surface area contributed by atoms with Gasteiger partial charge in [-0.25, -0.2) is 8.78 Å². The van der Waals surface area contributed by atoms with E-state index >= 15 is 0 Å². The van der Waals surface area contributed by atoms with E-state index in [1.807, 2.05) is 0 Å². The topological polar surface area (TPSA) is 119 Å². The van der Waals surface area contributed by atoms with Crippen molar-refractivity contribution >= 4 is 17.1 Å². The summed E-state index contributed by atoms with van der Waals surface area (Å²) < 4.78 is 24.1. The zero-order valence-electron chi connectivity index (χ0n) is 9.32. The van der Waals surface area contributed by atoms with Crippen molar-refractivity contribution < 1.29 is 23.7 Å². The summed E-state index contributed by atoms with van der Waals surface area (Å²) in [6, 6.07) is 2.72. The number of hydrogen-bond acceptors (Lipinski definition) is 6. The zero-order chi connectivity index (χ0) is 14.6. The molecule has 1 unspecified atom stereocenters. The molecule has 19 heavy (non-hydrogen) atoms. The number of halogens is 2. The highest BCUT2D eigenvalue weighted by atomic mass is 19.3. The van der Waals surface area contributed by atoms with Gasteiger partial charge in [0.05, 0.1) is 15.9 Å². The molecule has 104 valence electrons. The summed E-state index contributed by atoms with van der Waals surface area (Å²) >= 11 is 0. The number of nitrogens with zero attached hydrogens (tertiary/aromatic N) is 2. The number of nitrogens with one attached hydrogen (secondary N) is 1. The first-order chi connectivity index (χ1) is 8.82. The molecule has 1 rings (SSSR count). The number of hydrogen-bond donors (Lipinski definition) is 2. The van der Waals surface area contributed by atoms with Gasteiger partial charge in [0.15, 0.2) is 0 Å². The lowest BCUT2D eigenvalue weighted by molar-refractivity contribution is -0.393. The molecule has 1 atom stereocenters. The standard InChI is InChI=1S/C9H9F2N3O5/c10-9(11)8(15)4-12-6-2-1-5(13(16)17)3-7(6)14(18)19/h1-3,8-9,12,15H,4H2. The molecule has 0 heterocycles. The van der Waals surface area contributed by atoms with E-state index in [0.29, 0.717) is 6.07 Å². The number of rotatable bonds is 6. The second-order valence-corrected chi connectivity index (χ2v) is 3.50. The van der Waals surface area contributed by atoms with Crippen LogP contribution in [0.25, 0.3) is 0 Å². The van der Waals surface area contributed by atoms with Gasteiger partial charge < -0.3 is 10.4 Å². The number of benzene rings is 1. The van der Waals surface area contributed by atoms with Crippen LogP contribution in [0.1, 0.15) is 0 Å². The van der Waals surface area contributed by atoms with E-state index in [4.69, 9.17) is 5.11 Å². The van der Waals surface area contributed by atoms with Crippen LogP contribution < -0.4 is 5.32 Å². The van der Waals surface area contributed by atoms with Gasteiger partial charge in [0.25, 0.3) is 17.8 Å². The number of aliphatic hydroxyl groups excluding tert-OH is 1. The molecule has 0 aliphatic heterocycles. The average Bonchev–Trinajstić information content (AvgIpc) is 2.35. The molecule has 0 bridgehead atoms. The SMILES string of the molecule is O=[N+]([O-])c1ccc(NCC(O)C(F)F)c([N+](=O)[O-])c1. The van der Waals surface area contributed by atoms with E-state index < -0.39 is 40.3 Å². The summed E-state index contributed by atoms with van der Waals surface area (Å²) in [5.74, 6) is 0. The van der Waals surface area contributed by atoms with Gasteiger partial charge >= 0.3 is 0 Å². The fourth-order valence-electron chi connectivity index (χ4n) is 1.24. The molecule has 0 aliphatic rings. The Labute approximate surface area is 105 Å². The summed E-state index contributed by atoms with van der Waals surface area (Å²) in [6.07, 6.45) is -4.99. The Morgan fingerprint density at radius 3 is 2.37 bits per heavy atom. The Morgan fingerprint density at radius 2 is 1.89 bits per heavy atom. The predicted octanol–water partition coefficient (Wildman–Crippen LogP) is 1.54. The summed E-state index contributed by atoms with van der Waals surface area (Å²) in [4.78, 5) is 19.5. The van der Waals surface area contributed by atoms with E-state index in [1.54, 1.807) is 0 Å². The first-order valence-electron chi connectivity index (χ1n) is 4.96. The van der Waals surface area contributed by atoms with Gasteiger partial charge in [-0.2, -0.15) is 0 Å². The van der Waals surface area contributed by atoms with Crippen molar-refractivity contribution in [2.75, 3.05) is 11.9 Å². The van der Waals surface area contributed by atoms with Crippen LogP contribution in [0.5, 0.6) is 0 Å². The normalized spacial score (nSPS) is 12.2. The summed E-state index contributed by atoms with van der Waals surface area (Å²) in [5.41, 5.74) is -1.31. The number of aliphatic hydroxyl groups is 1. The Hall–Kier alpha value is -2.36. The van der Waals surface area contributed by atoms with Gasteiger partial charge in [-0.3, -0.25) is 20.2 Å². The molecule has 10 heteroatoms. The quantitative estimate of drug-likeness (QED) is 0.601. The van der Waals surface area contributed by atoms with E-state index in [1.165, 1.54) is 0 Å². The lowest BCUT2D eigenvalue weighted by Crippen LogP contribution is -2.27. The molecule has 1 aromatic rings. The highest BCUT2D eigenvalue weighted by molar-refractivity contribution is 5.65. The summed E-state index contributed by atoms with van der Waals surface area (Å²) in [5, 5.41) is 32.3. The third-order valence-corrected chi connectivity index (χ3v) is 2.18. The maximum absolute atomic E-state index is 12.0. The molecule has 8 nitrogen and oxygen atoms in total. The molecule has 0 aliphatic carbocycles. The minimum Gasteiger partial charge on any atom is -0.385 e. The maximum atomic E-state index is 12.0. The smallest absolute Gasteiger partial charge is 0.299 e. The van der Waals surface area contributed by atoms with Crippen molar-refractivity contribution in [2.24, 2.45) is 0 Å². The Bertz CT molecular complexity index is 497. The molecular weight excluding hydrogens is 268 g/mol.